The monoisotopic (exact) mass is 1110 g/mol. The van der Waals surface area contributed by atoms with Gasteiger partial charge in [0, 0.05) is 43.4 Å². The Hall–Kier alpha value is -8.06. The fourth-order valence-corrected chi connectivity index (χ4v) is 8.59. The van der Waals surface area contributed by atoms with Gasteiger partial charge in [0.25, 0.3) is 0 Å². The van der Waals surface area contributed by atoms with Crippen molar-refractivity contribution in [3.8, 4) is 5.75 Å². The third-order valence-corrected chi connectivity index (χ3v) is 12.4. The zero-order valence-corrected chi connectivity index (χ0v) is 45.3. The minimum atomic E-state index is -4.83. The molecule has 1 heterocycles. The van der Waals surface area contributed by atoms with E-state index >= 15 is 0 Å². The number of alkyl carbamates (subject to hydrolysis) is 1. The van der Waals surface area contributed by atoms with E-state index in [9.17, 15) is 56.7 Å². The number of carboxylic acids is 1. The molecule has 4 aromatic rings. The molecule has 3 aromatic carbocycles. The Kier molecular flexibility index (Phi) is 23.6. The molecule has 1 aromatic heterocycles. The number of carboxylic acid groups (broad SMARTS) is 1. The number of nitrogens with zero attached hydrogens (tertiary/aromatic N) is 1. The number of carbonyl (C=O) groups is 9. The largest absolute Gasteiger partial charge is 0.481 e. The number of hydrogen-bond donors (Lipinski definition) is 10. The Balaban J connectivity index is 1.62. The van der Waals surface area contributed by atoms with E-state index in [0.717, 1.165) is 15.8 Å². The summed E-state index contributed by atoms with van der Waals surface area (Å²) in [4.78, 5) is 126. The molecule has 78 heavy (non-hydrogen) atoms. The Bertz CT molecular complexity index is 2840. The van der Waals surface area contributed by atoms with Crippen LogP contribution in [0.15, 0.2) is 85.1 Å². The zero-order valence-electron chi connectivity index (χ0n) is 44.5. The second-order valence-electron chi connectivity index (χ2n) is 19.6. The van der Waals surface area contributed by atoms with Gasteiger partial charge < -0.3 is 61.5 Å². The number of primary amides is 1. The van der Waals surface area contributed by atoms with Crippen molar-refractivity contribution in [2.24, 2.45) is 5.73 Å². The molecule has 0 saturated carbocycles. The zero-order chi connectivity index (χ0) is 57.7. The predicted molar refractivity (Wildman–Crippen MR) is 285 cm³/mol. The normalized spacial score (nSPS) is 13.7. The van der Waals surface area contributed by atoms with Crippen LogP contribution in [0.5, 0.6) is 5.75 Å². The quantitative estimate of drug-likeness (QED) is 0.0204. The third-order valence-electron chi connectivity index (χ3n) is 12.0. The van der Waals surface area contributed by atoms with E-state index in [1.807, 2.05) is 32.0 Å². The summed E-state index contributed by atoms with van der Waals surface area (Å²) >= 11 is 0. The number of rotatable bonds is 30. The van der Waals surface area contributed by atoms with Gasteiger partial charge in [0.05, 0.1) is 6.42 Å². The summed E-state index contributed by atoms with van der Waals surface area (Å²) in [6, 6.07) is 13.7. The van der Waals surface area contributed by atoms with Gasteiger partial charge in [0.1, 0.15) is 54.1 Å². The first-order valence-corrected chi connectivity index (χ1v) is 26.7. The third kappa shape index (κ3) is 21.2. The standard InChI is InChI=1S/C53H71N9O15S/c1-7-9-20-42(62(6)51(71)41(56-45(64)30-43(54)63)28-34-31-55-37-19-15-14-18-36(34)37)50(70)58-40(29-46(65)66)47(67)57-38(26-32-16-12-11-13-17-32)48(68)60-44(21-10-8-2)61-49(69)39(59-52(72)76-53(3,4)5)27-33-22-24-35(25-23-33)77-78(73,74)75/h11-19,22-25,31,38-42,44,55H,7-10,20-21,26-30H2,1-6H3,(H2,54,63)(H,56,64)(H,57,67)(H,58,70)(H,59,72)(H,60,68)(H,61,69)(H,65,66)(H,73,74,75)/t38-,39-,40-,41-,42-,44-/m0/s1. The molecule has 0 fully saturated rings. The lowest BCUT2D eigenvalue weighted by Gasteiger charge is -2.32. The maximum absolute atomic E-state index is 14.5. The van der Waals surface area contributed by atoms with E-state index < -0.39 is 119 Å². The fraction of sp³-hybridized carbons (Fsp3) is 0.453. The van der Waals surface area contributed by atoms with Gasteiger partial charge in [0.2, 0.25) is 41.4 Å². The second kappa shape index (κ2) is 29.5. The molecule has 4 rings (SSSR count). The summed E-state index contributed by atoms with van der Waals surface area (Å²) in [7, 11) is -3.51. The number of benzene rings is 3. The number of fused-ring (bicyclic) bond motifs is 1. The number of para-hydroxylation sites is 1. The van der Waals surface area contributed by atoms with Gasteiger partial charge in [-0.05, 0) is 74.9 Å². The van der Waals surface area contributed by atoms with Crippen LogP contribution in [0.1, 0.15) is 103 Å². The van der Waals surface area contributed by atoms with Crippen LogP contribution < -0.4 is 41.8 Å². The molecule has 8 amide bonds. The number of likely N-dealkylation sites (N-methyl/N-ethyl adjacent to an activating group) is 1. The van der Waals surface area contributed by atoms with Crippen LogP contribution in [0, 0.1) is 0 Å². The molecular formula is C53H71N9O15S. The van der Waals surface area contributed by atoms with Gasteiger partial charge in [-0.15, -0.1) is 0 Å². The van der Waals surface area contributed by atoms with Gasteiger partial charge in [-0.25, -0.2) is 4.79 Å². The van der Waals surface area contributed by atoms with E-state index in [-0.39, 0.29) is 37.9 Å². The van der Waals surface area contributed by atoms with Crippen LogP contribution in [-0.4, -0.2) is 130 Å². The fourth-order valence-electron chi connectivity index (χ4n) is 8.24. The summed E-state index contributed by atoms with van der Waals surface area (Å²) in [6.45, 7) is 8.56. The molecule has 25 heteroatoms. The van der Waals surface area contributed by atoms with Crippen LogP contribution in [-0.2, 0) is 72.8 Å². The van der Waals surface area contributed by atoms with Crippen molar-refractivity contribution in [3.63, 3.8) is 0 Å². The van der Waals surface area contributed by atoms with Crippen LogP contribution >= 0.6 is 0 Å². The molecule has 0 bridgehead atoms. The van der Waals surface area contributed by atoms with Crippen molar-refractivity contribution in [1.82, 2.24) is 41.8 Å². The first kappa shape index (κ1) is 62.5. The molecule has 0 radical (unpaired) electrons. The molecule has 11 N–H and O–H groups in total. The van der Waals surface area contributed by atoms with E-state index in [1.54, 1.807) is 63.4 Å². The lowest BCUT2D eigenvalue weighted by atomic mass is 10.0. The van der Waals surface area contributed by atoms with E-state index in [0.29, 0.717) is 42.4 Å². The SMILES string of the molecule is CCCC[C@H](NC(=O)[C@H](Cc1ccc(OS(=O)(=O)O)cc1)NC(=O)OC(C)(C)C)NC(=O)[C@H](Cc1ccccc1)NC(=O)[C@H](CC(=O)O)NC(=O)[C@H](CCCC)N(C)C(=O)[C@H](Cc1c[nH]c2ccccc12)NC(=O)CC(N)=O. The Morgan fingerprint density at radius 1 is 0.679 bits per heavy atom. The van der Waals surface area contributed by atoms with Crippen molar-refractivity contribution in [1.29, 1.82) is 0 Å². The summed E-state index contributed by atoms with van der Waals surface area (Å²) in [5.41, 5.74) is 6.66. The Morgan fingerprint density at radius 2 is 1.23 bits per heavy atom. The molecule has 0 aliphatic heterocycles. The number of aromatic nitrogens is 1. The highest BCUT2D eigenvalue weighted by molar-refractivity contribution is 7.81. The van der Waals surface area contributed by atoms with Crippen molar-refractivity contribution in [3.05, 3.63) is 102 Å². The molecule has 0 saturated heterocycles. The molecule has 424 valence electrons. The van der Waals surface area contributed by atoms with Crippen molar-refractivity contribution in [2.45, 2.75) is 147 Å². The number of H-pyrrole nitrogens is 1. The van der Waals surface area contributed by atoms with E-state index in [4.69, 9.17) is 15.0 Å². The minimum Gasteiger partial charge on any atom is -0.481 e. The van der Waals surface area contributed by atoms with Gasteiger partial charge >= 0.3 is 22.5 Å². The number of amides is 8. The minimum absolute atomic E-state index is 0.0391. The van der Waals surface area contributed by atoms with Gasteiger partial charge in [-0.3, -0.25) is 42.9 Å². The lowest BCUT2D eigenvalue weighted by molar-refractivity contribution is -0.144. The number of unbranched alkanes of at least 4 members (excludes halogenated alkanes) is 2. The number of nitrogens with two attached hydrogens (primary N) is 1. The molecule has 24 nitrogen and oxygen atoms in total. The topological polar surface area (TPSA) is 364 Å². The first-order valence-electron chi connectivity index (χ1n) is 25.4. The Morgan fingerprint density at radius 3 is 1.81 bits per heavy atom. The molecule has 0 spiro atoms. The van der Waals surface area contributed by atoms with Crippen LogP contribution in [0.3, 0.4) is 0 Å². The highest BCUT2D eigenvalue weighted by Gasteiger charge is 2.37. The van der Waals surface area contributed by atoms with Gasteiger partial charge in [-0.1, -0.05) is 93.8 Å². The van der Waals surface area contributed by atoms with Crippen molar-refractivity contribution in [2.75, 3.05) is 7.05 Å². The smallest absolute Gasteiger partial charge is 0.446 e. The number of carbonyl (C=O) groups excluding carboxylic acids is 8. The van der Waals surface area contributed by atoms with Crippen LogP contribution in [0.25, 0.3) is 10.9 Å². The predicted octanol–water partition coefficient (Wildman–Crippen LogP) is 2.84. The van der Waals surface area contributed by atoms with Gasteiger partial charge in [-0.2, -0.15) is 8.42 Å². The summed E-state index contributed by atoms with van der Waals surface area (Å²) in [5.74, 6) is -7.86. The van der Waals surface area contributed by atoms with Gasteiger partial charge in [0.15, 0.2) is 0 Å². The number of aliphatic carboxylic acids is 1. The van der Waals surface area contributed by atoms with Crippen LogP contribution in [0.2, 0.25) is 0 Å². The number of aromatic amines is 1. The summed E-state index contributed by atoms with van der Waals surface area (Å²) in [6.07, 6.45) is -0.304. The van der Waals surface area contributed by atoms with E-state index in [2.05, 4.69) is 41.1 Å². The second-order valence-corrected chi connectivity index (χ2v) is 20.6. The van der Waals surface area contributed by atoms with Crippen molar-refractivity contribution >= 4 is 74.7 Å². The summed E-state index contributed by atoms with van der Waals surface area (Å²) in [5, 5.41) is 26.5. The number of nitrogens with one attached hydrogen (secondary N) is 7. The highest BCUT2D eigenvalue weighted by Crippen LogP contribution is 2.22. The number of ether oxygens (including phenoxy) is 1. The maximum atomic E-state index is 14.5. The highest BCUT2D eigenvalue weighted by atomic mass is 32.3. The Labute approximate surface area is 452 Å². The molecule has 0 aliphatic carbocycles. The molecule has 0 aliphatic rings. The lowest BCUT2D eigenvalue weighted by Crippen LogP contribution is -2.61. The average Bonchev–Trinajstić information content (AvgIpc) is 3.79. The van der Waals surface area contributed by atoms with Crippen molar-refractivity contribution < 1.29 is 70.1 Å². The average molecular weight is 1110 g/mol. The molecule has 0 unspecified atom stereocenters. The number of hydrogen-bond acceptors (Lipinski definition) is 13. The summed E-state index contributed by atoms with van der Waals surface area (Å²) < 4.78 is 41.5. The molecular weight excluding hydrogens is 1030 g/mol. The maximum Gasteiger partial charge on any atom is 0.446 e. The van der Waals surface area contributed by atoms with Crippen LogP contribution in [0.4, 0.5) is 4.79 Å². The first-order chi connectivity index (χ1) is 36.7. The van der Waals surface area contributed by atoms with E-state index in [1.165, 1.54) is 31.3 Å². The molecule has 6 atom stereocenters.